The molecule has 0 aliphatic heterocycles. The van der Waals surface area contributed by atoms with Crippen LogP contribution in [0.1, 0.15) is 22.8 Å². The molecule has 130 valence electrons. The fourth-order valence-electron chi connectivity index (χ4n) is 1.51. The molecular formula is C13H15ClF3NO5. The van der Waals surface area contributed by atoms with E-state index < -0.39 is 27.8 Å². The van der Waals surface area contributed by atoms with Gasteiger partial charge in [0.15, 0.2) is 5.78 Å². The summed E-state index contributed by atoms with van der Waals surface area (Å²) in [6.07, 6.45) is -2.86. The Morgan fingerprint density at radius 3 is 2.13 bits per heavy atom. The van der Waals surface area contributed by atoms with Gasteiger partial charge in [-0.3, -0.25) is 4.79 Å². The van der Waals surface area contributed by atoms with E-state index in [2.05, 4.69) is 0 Å². The zero-order valence-corrected chi connectivity index (χ0v) is 13.2. The number of carbonyl (C=O) groups excluding carboxylic acids is 1. The van der Waals surface area contributed by atoms with Crippen molar-refractivity contribution in [1.29, 1.82) is 0 Å². The highest BCUT2D eigenvalue weighted by Crippen LogP contribution is 2.29. The molecule has 0 saturated heterocycles. The van der Waals surface area contributed by atoms with Crippen molar-refractivity contribution in [1.82, 2.24) is 4.90 Å². The molecule has 0 aliphatic rings. The number of nitrogens with zero attached hydrogens (tertiary/aromatic N) is 1. The summed E-state index contributed by atoms with van der Waals surface area (Å²) in [4.78, 5) is 13.6. The lowest BCUT2D eigenvalue weighted by molar-refractivity contribution is -1.92. The highest BCUT2D eigenvalue weighted by molar-refractivity contribution is 6.08. The maximum atomic E-state index is 12.5. The molecule has 0 spiro atoms. The summed E-state index contributed by atoms with van der Waals surface area (Å²) in [5.41, 5.74) is -0.384. The second-order valence-corrected chi connectivity index (χ2v) is 5.37. The maximum absolute atomic E-state index is 12.5. The summed E-state index contributed by atoms with van der Waals surface area (Å²) in [5.74, 6) is -0.408. The first-order chi connectivity index (χ1) is 10.2. The van der Waals surface area contributed by atoms with Crippen LogP contribution in [-0.2, 0) is 6.18 Å². The first-order valence-electron chi connectivity index (χ1n) is 5.92. The van der Waals surface area contributed by atoms with Crippen molar-refractivity contribution in [3.05, 3.63) is 47.2 Å². The van der Waals surface area contributed by atoms with Crippen LogP contribution in [0.5, 0.6) is 0 Å². The average molecular weight is 358 g/mol. The SMILES string of the molecule is C/C(=C\N(C)C)C(=O)c1cccc(C(F)(F)F)c1.[O-][Cl+3]([O-])([O-])O. The summed E-state index contributed by atoms with van der Waals surface area (Å²) in [5, 5.41) is 0. The van der Waals surface area contributed by atoms with Gasteiger partial charge in [-0.05, 0) is 19.1 Å². The smallest absolute Gasteiger partial charge is 0.383 e. The Morgan fingerprint density at radius 2 is 1.74 bits per heavy atom. The Morgan fingerprint density at radius 1 is 1.26 bits per heavy atom. The normalized spacial score (nSPS) is 12.3. The molecular weight excluding hydrogens is 343 g/mol. The fourth-order valence-corrected chi connectivity index (χ4v) is 1.51. The number of benzene rings is 1. The van der Waals surface area contributed by atoms with Gasteiger partial charge in [0.1, 0.15) is 0 Å². The van der Waals surface area contributed by atoms with Crippen LogP contribution >= 0.6 is 0 Å². The summed E-state index contributed by atoms with van der Waals surface area (Å²) in [6, 6.07) is 4.43. The van der Waals surface area contributed by atoms with E-state index in [1.54, 1.807) is 32.1 Å². The molecule has 0 heterocycles. The second kappa shape index (κ2) is 8.27. The first-order valence-corrected chi connectivity index (χ1v) is 7.18. The number of ketones is 1. The topological polar surface area (TPSA) is 110 Å². The van der Waals surface area contributed by atoms with Gasteiger partial charge < -0.3 is 4.90 Å². The molecule has 0 radical (unpaired) electrons. The largest absolute Gasteiger partial charge is 0.416 e. The van der Waals surface area contributed by atoms with Crippen LogP contribution in [0, 0.1) is 10.2 Å². The van der Waals surface area contributed by atoms with Crippen molar-refractivity contribution >= 4 is 5.78 Å². The first kappa shape index (κ1) is 21.4. The van der Waals surface area contributed by atoms with E-state index in [-0.39, 0.29) is 5.56 Å². The fraction of sp³-hybridized carbons (Fsp3) is 0.308. The van der Waals surface area contributed by atoms with Crippen LogP contribution in [0.25, 0.3) is 0 Å². The highest BCUT2D eigenvalue weighted by Gasteiger charge is 2.30. The molecule has 0 fully saturated rings. The number of alkyl halides is 3. The molecule has 0 aliphatic carbocycles. The van der Waals surface area contributed by atoms with Crippen LogP contribution in [0.3, 0.4) is 0 Å². The molecule has 0 unspecified atom stereocenters. The molecule has 0 atom stereocenters. The third kappa shape index (κ3) is 9.87. The highest BCUT2D eigenvalue weighted by atomic mass is 35.7. The zero-order chi connectivity index (χ0) is 18.4. The van der Waals surface area contributed by atoms with Gasteiger partial charge in [-0.1, -0.05) is 12.1 Å². The van der Waals surface area contributed by atoms with Crippen molar-refractivity contribution in [2.75, 3.05) is 14.1 Å². The van der Waals surface area contributed by atoms with Gasteiger partial charge in [-0.15, -0.1) is 0 Å². The predicted molar refractivity (Wildman–Crippen MR) is 65.4 cm³/mol. The lowest BCUT2D eigenvalue weighted by Crippen LogP contribution is -2.58. The van der Waals surface area contributed by atoms with Crippen LogP contribution in [0.2, 0.25) is 0 Å². The van der Waals surface area contributed by atoms with Gasteiger partial charge in [0.25, 0.3) is 0 Å². The van der Waals surface area contributed by atoms with E-state index >= 15 is 0 Å². The van der Waals surface area contributed by atoms with E-state index in [1.807, 2.05) is 0 Å². The quantitative estimate of drug-likeness (QED) is 0.562. The Labute approximate surface area is 132 Å². The van der Waals surface area contributed by atoms with E-state index in [0.717, 1.165) is 12.1 Å². The summed E-state index contributed by atoms with van der Waals surface area (Å²) < 4.78 is 70.2. The Balaban J connectivity index is 0.000000841. The van der Waals surface area contributed by atoms with Crippen LogP contribution in [0.15, 0.2) is 36.0 Å². The third-order valence-electron chi connectivity index (χ3n) is 2.26. The minimum Gasteiger partial charge on any atom is -0.383 e. The zero-order valence-electron chi connectivity index (χ0n) is 12.4. The minimum atomic E-state index is -4.69. The van der Waals surface area contributed by atoms with Gasteiger partial charge in [-0.25, -0.2) is 0 Å². The predicted octanol–water partition coefficient (Wildman–Crippen LogP) is -0.770. The average Bonchev–Trinajstić information content (AvgIpc) is 2.34. The number of hydrogen-bond acceptors (Lipinski definition) is 6. The lowest BCUT2D eigenvalue weighted by atomic mass is 10.0. The van der Waals surface area contributed by atoms with E-state index in [0.29, 0.717) is 5.57 Å². The van der Waals surface area contributed by atoms with Gasteiger partial charge in [0.05, 0.1) is 20.5 Å². The molecule has 1 N–H and O–H groups in total. The second-order valence-electron chi connectivity index (χ2n) is 4.58. The van der Waals surface area contributed by atoms with Crippen LogP contribution in [-0.4, -0.2) is 29.4 Å². The van der Waals surface area contributed by atoms with Crippen molar-refractivity contribution in [2.24, 2.45) is 0 Å². The Hall–Kier alpha value is -1.65. The molecule has 1 rings (SSSR count). The monoisotopic (exact) mass is 357 g/mol. The maximum Gasteiger partial charge on any atom is 0.416 e. The number of Topliss-reactive ketones (excluding diaryl/α,β-unsaturated/α-hetero) is 1. The standard InChI is InChI=1S/C13H14F3NO.ClHO4/c1-9(8-17(2)3)12(18)10-5-4-6-11(7-10)13(14,15)16;2-1(3,4)5/h4-8H,1-3H3;(H,2,3,4,5)/b9-8+;. The van der Waals surface area contributed by atoms with Gasteiger partial charge in [-0.2, -0.15) is 27.1 Å². The summed E-state index contributed by atoms with van der Waals surface area (Å²) >= 11 is 0. The molecule has 0 aromatic heterocycles. The number of rotatable bonds is 3. The van der Waals surface area contributed by atoms with Crippen molar-refractivity contribution in [3.63, 3.8) is 0 Å². The molecule has 0 saturated carbocycles. The molecule has 1 aromatic carbocycles. The van der Waals surface area contributed by atoms with Gasteiger partial charge in [0.2, 0.25) is 0 Å². The van der Waals surface area contributed by atoms with E-state index in [9.17, 15) is 18.0 Å². The Kier molecular flexibility index (Phi) is 7.68. The summed E-state index contributed by atoms with van der Waals surface area (Å²) in [7, 11) is -1.22. The Bertz CT molecular complexity index is 561. The van der Waals surface area contributed by atoms with Gasteiger partial charge in [0, 0.05) is 31.4 Å². The van der Waals surface area contributed by atoms with Gasteiger partial charge >= 0.3 is 6.18 Å². The molecule has 0 bridgehead atoms. The van der Waals surface area contributed by atoms with Crippen LogP contribution < -0.4 is 14.0 Å². The van der Waals surface area contributed by atoms with E-state index in [4.69, 9.17) is 18.6 Å². The third-order valence-corrected chi connectivity index (χ3v) is 2.26. The van der Waals surface area contributed by atoms with E-state index in [1.165, 1.54) is 12.1 Å². The minimum absolute atomic E-state index is 0.0421. The van der Waals surface area contributed by atoms with Crippen molar-refractivity contribution in [2.45, 2.75) is 13.1 Å². The number of allylic oxidation sites excluding steroid dienone is 1. The van der Waals surface area contributed by atoms with Crippen molar-refractivity contribution < 1.29 is 46.8 Å². The number of hydrogen-bond donors (Lipinski definition) is 1. The molecule has 23 heavy (non-hydrogen) atoms. The number of carbonyl (C=O) groups is 1. The lowest BCUT2D eigenvalue weighted by Gasteiger charge is -2.10. The molecule has 0 amide bonds. The number of halogens is 4. The molecule has 10 heteroatoms. The van der Waals surface area contributed by atoms with Crippen LogP contribution in [0.4, 0.5) is 13.2 Å². The molecule has 1 aromatic rings. The molecule has 6 nitrogen and oxygen atoms in total. The van der Waals surface area contributed by atoms with Crippen molar-refractivity contribution in [3.8, 4) is 0 Å². The summed E-state index contributed by atoms with van der Waals surface area (Å²) in [6.45, 7) is 1.57.